The molecule has 0 radical (unpaired) electrons. The molecule has 1 saturated heterocycles. The number of nitrogens with zero attached hydrogens (tertiary/aromatic N) is 2. The number of hydrogen-bond donors (Lipinski definition) is 1. The summed E-state index contributed by atoms with van der Waals surface area (Å²) in [6.45, 7) is 8.46. The molecule has 0 bridgehead atoms. The normalized spacial score (nSPS) is 24.2. The van der Waals surface area contributed by atoms with Gasteiger partial charge in [0.05, 0.1) is 11.7 Å². The number of likely N-dealkylation sites (tertiary alicyclic amines) is 1. The molecule has 1 aliphatic carbocycles. The van der Waals surface area contributed by atoms with E-state index in [-0.39, 0.29) is 29.6 Å². The van der Waals surface area contributed by atoms with E-state index in [4.69, 9.17) is 4.74 Å². The van der Waals surface area contributed by atoms with E-state index in [0.29, 0.717) is 12.1 Å². The molecule has 1 aromatic rings. The van der Waals surface area contributed by atoms with Gasteiger partial charge in [0.1, 0.15) is 0 Å². The predicted molar refractivity (Wildman–Crippen MR) is 119 cm³/mol. The molecule has 0 aromatic heterocycles. The number of guanidine groups is 1. The van der Waals surface area contributed by atoms with Gasteiger partial charge in [0.15, 0.2) is 5.96 Å². The molecule has 1 heterocycles. The number of aliphatic imine (C=N–C) groups is 1. The van der Waals surface area contributed by atoms with Crippen molar-refractivity contribution in [2.45, 2.75) is 64.2 Å². The van der Waals surface area contributed by atoms with Crippen molar-refractivity contribution in [2.24, 2.45) is 10.9 Å². The maximum Gasteiger partial charge on any atom is 0.193 e. The first-order chi connectivity index (χ1) is 11.9. The topological polar surface area (TPSA) is 36.9 Å². The largest absolute Gasteiger partial charge is 0.372 e. The first-order valence-electron chi connectivity index (χ1n) is 9.64. The van der Waals surface area contributed by atoms with Crippen LogP contribution in [0.15, 0.2) is 35.3 Å². The van der Waals surface area contributed by atoms with E-state index >= 15 is 0 Å². The zero-order valence-corrected chi connectivity index (χ0v) is 18.9. The molecule has 146 valence electrons. The van der Waals surface area contributed by atoms with E-state index in [1.54, 1.807) is 0 Å². The lowest BCUT2D eigenvalue weighted by molar-refractivity contribution is -0.0772. The van der Waals surface area contributed by atoms with Crippen LogP contribution in [0.1, 0.15) is 45.6 Å². The highest BCUT2D eigenvalue weighted by atomic mass is 127. The molecular formula is C21H34IN3O. The fourth-order valence-corrected chi connectivity index (χ4v) is 3.72. The Labute approximate surface area is 175 Å². The number of nitrogens with one attached hydrogen (secondary N) is 1. The van der Waals surface area contributed by atoms with E-state index in [9.17, 15) is 0 Å². The smallest absolute Gasteiger partial charge is 0.193 e. The predicted octanol–water partition coefficient (Wildman–Crippen LogP) is 4.09. The molecule has 1 N–H and O–H groups in total. The van der Waals surface area contributed by atoms with Crippen molar-refractivity contribution in [1.82, 2.24) is 10.2 Å². The van der Waals surface area contributed by atoms with Crippen LogP contribution in [0.5, 0.6) is 0 Å². The molecule has 26 heavy (non-hydrogen) atoms. The number of benzene rings is 1. The summed E-state index contributed by atoms with van der Waals surface area (Å²) in [4.78, 5) is 6.91. The summed E-state index contributed by atoms with van der Waals surface area (Å²) >= 11 is 0. The van der Waals surface area contributed by atoms with E-state index < -0.39 is 0 Å². The third-order valence-corrected chi connectivity index (χ3v) is 5.05. The van der Waals surface area contributed by atoms with Gasteiger partial charge in [-0.25, -0.2) is 0 Å². The molecule has 0 spiro atoms. The van der Waals surface area contributed by atoms with Crippen molar-refractivity contribution >= 4 is 29.9 Å². The average Bonchev–Trinajstić information content (AvgIpc) is 3.30. The molecule has 5 heteroatoms. The van der Waals surface area contributed by atoms with Crippen LogP contribution in [0, 0.1) is 5.92 Å². The van der Waals surface area contributed by atoms with Gasteiger partial charge in [-0.1, -0.05) is 30.3 Å². The Bertz CT molecular complexity index is 577. The van der Waals surface area contributed by atoms with Crippen molar-refractivity contribution in [3.63, 3.8) is 0 Å². The van der Waals surface area contributed by atoms with Gasteiger partial charge in [0, 0.05) is 26.2 Å². The fourth-order valence-electron chi connectivity index (χ4n) is 3.72. The van der Waals surface area contributed by atoms with Gasteiger partial charge < -0.3 is 15.0 Å². The molecule has 2 fully saturated rings. The standard InChI is InChI=1S/C21H33N3O.HI/c1-21(2,3)25-18-10-12-24(13-11-18)20(22-4)23-19-15-17(19)14-16-8-6-5-7-9-16;/h5-9,17-19H,10-15H2,1-4H3,(H,22,23);1H. The van der Waals surface area contributed by atoms with Crippen LogP contribution in [0.25, 0.3) is 0 Å². The van der Waals surface area contributed by atoms with Crippen molar-refractivity contribution < 1.29 is 4.74 Å². The highest BCUT2D eigenvalue weighted by Gasteiger charge is 2.38. The highest BCUT2D eigenvalue weighted by Crippen LogP contribution is 2.34. The van der Waals surface area contributed by atoms with Crippen LogP contribution >= 0.6 is 24.0 Å². The second-order valence-electron chi connectivity index (χ2n) is 8.40. The summed E-state index contributed by atoms with van der Waals surface area (Å²) in [5, 5.41) is 3.68. The molecule has 4 nitrogen and oxygen atoms in total. The Balaban J connectivity index is 0.00000243. The minimum absolute atomic E-state index is 0. The van der Waals surface area contributed by atoms with Crippen molar-refractivity contribution in [2.75, 3.05) is 20.1 Å². The van der Waals surface area contributed by atoms with Crippen LogP contribution < -0.4 is 5.32 Å². The lowest BCUT2D eigenvalue weighted by atomic mass is 10.1. The fraction of sp³-hybridized carbons (Fsp3) is 0.667. The Hall–Kier alpha value is -0.820. The first-order valence-corrected chi connectivity index (χ1v) is 9.64. The minimum atomic E-state index is -0.0502. The molecular weight excluding hydrogens is 437 g/mol. The number of ether oxygens (including phenoxy) is 1. The monoisotopic (exact) mass is 471 g/mol. The summed E-state index contributed by atoms with van der Waals surface area (Å²) in [6, 6.07) is 11.4. The van der Waals surface area contributed by atoms with Crippen LogP contribution in [0.2, 0.25) is 0 Å². The summed E-state index contributed by atoms with van der Waals surface area (Å²) < 4.78 is 6.13. The molecule has 1 saturated carbocycles. The highest BCUT2D eigenvalue weighted by molar-refractivity contribution is 14.0. The number of rotatable bonds is 4. The maximum atomic E-state index is 6.13. The average molecular weight is 471 g/mol. The molecule has 3 rings (SSSR count). The molecule has 0 amide bonds. The summed E-state index contributed by atoms with van der Waals surface area (Å²) in [7, 11) is 1.90. The molecule has 1 aromatic carbocycles. The second kappa shape index (κ2) is 9.40. The van der Waals surface area contributed by atoms with Gasteiger partial charge in [-0.3, -0.25) is 4.99 Å². The Kier molecular flexibility index (Phi) is 7.76. The quantitative estimate of drug-likeness (QED) is 0.409. The third kappa shape index (κ3) is 6.41. The molecule has 2 atom stereocenters. The molecule has 2 unspecified atom stereocenters. The van der Waals surface area contributed by atoms with Gasteiger partial charge in [-0.2, -0.15) is 0 Å². The van der Waals surface area contributed by atoms with Gasteiger partial charge in [0.25, 0.3) is 0 Å². The summed E-state index contributed by atoms with van der Waals surface area (Å²) in [6.07, 6.45) is 4.95. The van der Waals surface area contributed by atoms with Crippen LogP contribution in [-0.4, -0.2) is 48.7 Å². The van der Waals surface area contributed by atoms with Crippen molar-refractivity contribution in [3.05, 3.63) is 35.9 Å². The Morgan fingerprint density at radius 2 is 1.85 bits per heavy atom. The van der Waals surface area contributed by atoms with Crippen LogP contribution in [0.3, 0.4) is 0 Å². The van der Waals surface area contributed by atoms with E-state index in [1.807, 2.05) is 7.05 Å². The first kappa shape index (κ1) is 21.5. The van der Waals surface area contributed by atoms with Gasteiger partial charge in [-0.15, -0.1) is 24.0 Å². The molecule has 2 aliphatic rings. The molecule has 1 aliphatic heterocycles. The van der Waals surface area contributed by atoms with Crippen LogP contribution in [0.4, 0.5) is 0 Å². The van der Waals surface area contributed by atoms with Crippen molar-refractivity contribution in [3.8, 4) is 0 Å². The number of halogens is 1. The minimum Gasteiger partial charge on any atom is -0.372 e. The summed E-state index contributed by atoms with van der Waals surface area (Å²) in [5.74, 6) is 1.80. The second-order valence-corrected chi connectivity index (χ2v) is 8.40. The van der Waals surface area contributed by atoms with Crippen molar-refractivity contribution in [1.29, 1.82) is 0 Å². The van der Waals surface area contributed by atoms with Crippen LogP contribution in [-0.2, 0) is 11.2 Å². The van der Waals surface area contributed by atoms with Gasteiger partial charge in [0.2, 0.25) is 0 Å². The maximum absolute atomic E-state index is 6.13. The number of hydrogen-bond acceptors (Lipinski definition) is 2. The third-order valence-electron chi connectivity index (χ3n) is 5.05. The number of piperidine rings is 1. The zero-order chi connectivity index (χ0) is 17.9. The SMILES string of the molecule is CN=C(NC1CC1Cc1ccccc1)N1CCC(OC(C)(C)C)CC1.I. The summed E-state index contributed by atoms with van der Waals surface area (Å²) in [5.41, 5.74) is 1.39. The van der Waals surface area contributed by atoms with Gasteiger partial charge >= 0.3 is 0 Å². The Morgan fingerprint density at radius 3 is 2.42 bits per heavy atom. The lowest BCUT2D eigenvalue weighted by Crippen LogP contribution is -2.48. The lowest BCUT2D eigenvalue weighted by Gasteiger charge is -2.37. The van der Waals surface area contributed by atoms with E-state index in [0.717, 1.165) is 44.2 Å². The van der Waals surface area contributed by atoms with Gasteiger partial charge in [-0.05, 0) is 57.9 Å². The van der Waals surface area contributed by atoms with E-state index in [1.165, 1.54) is 12.0 Å². The van der Waals surface area contributed by atoms with E-state index in [2.05, 4.69) is 66.3 Å². The zero-order valence-electron chi connectivity index (χ0n) is 16.6. The Morgan fingerprint density at radius 1 is 1.19 bits per heavy atom.